The normalized spacial score (nSPS) is 27.7. The molecule has 3 aromatic rings. The van der Waals surface area contributed by atoms with Crippen LogP contribution >= 0.6 is 0 Å². The van der Waals surface area contributed by atoms with Crippen LogP contribution in [0.2, 0.25) is 0 Å². The molecule has 226 valence electrons. The summed E-state index contributed by atoms with van der Waals surface area (Å²) in [7, 11) is 2.26. The first-order valence-electron chi connectivity index (χ1n) is 16.3. The molecule has 1 spiro atoms. The number of aryl methyl sites for hydroxylation is 1. The van der Waals surface area contributed by atoms with Crippen molar-refractivity contribution in [1.82, 2.24) is 19.8 Å². The van der Waals surface area contributed by atoms with E-state index in [1.165, 1.54) is 78.1 Å². The minimum Gasteiger partial charge on any atom is -0.365 e. The van der Waals surface area contributed by atoms with Crippen molar-refractivity contribution in [2.75, 3.05) is 49.6 Å². The molecular weight excluding hydrogens is 532 g/mol. The van der Waals surface area contributed by atoms with Crippen molar-refractivity contribution in [1.29, 1.82) is 0 Å². The summed E-state index contributed by atoms with van der Waals surface area (Å²) in [6, 6.07) is 13.5. The van der Waals surface area contributed by atoms with Gasteiger partial charge in [0.05, 0.1) is 12.2 Å². The minimum absolute atomic E-state index is 0.0169. The largest absolute Gasteiger partial charge is 0.365 e. The van der Waals surface area contributed by atoms with Gasteiger partial charge < -0.3 is 19.6 Å². The molecule has 2 aromatic carbocycles. The molecule has 2 unspecified atom stereocenters. The van der Waals surface area contributed by atoms with Gasteiger partial charge >= 0.3 is 0 Å². The maximum atomic E-state index is 12.6. The van der Waals surface area contributed by atoms with Gasteiger partial charge in [-0.25, -0.2) is 9.97 Å². The molecule has 0 radical (unpaired) electrons. The van der Waals surface area contributed by atoms with Crippen molar-refractivity contribution in [2.45, 2.75) is 77.4 Å². The molecule has 7 nitrogen and oxygen atoms in total. The number of carbonyl (C=O) groups is 1. The van der Waals surface area contributed by atoms with E-state index >= 15 is 0 Å². The van der Waals surface area contributed by atoms with Gasteiger partial charge in [0.15, 0.2) is 0 Å². The summed E-state index contributed by atoms with van der Waals surface area (Å²) in [4.78, 5) is 33.0. The highest BCUT2D eigenvalue weighted by Crippen LogP contribution is 2.51. The molecule has 1 aliphatic carbocycles. The zero-order valence-corrected chi connectivity index (χ0v) is 26.4. The summed E-state index contributed by atoms with van der Waals surface area (Å²) in [5.74, 6) is 2.58. The van der Waals surface area contributed by atoms with E-state index in [1.807, 2.05) is 4.90 Å². The van der Waals surface area contributed by atoms with Crippen LogP contribution in [0.3, 0.4) is 0 Å². The van der Waals surface area contributed by atoms with Crippen molar-refractivity contribution in [3.05, 3.63) is 71.7 Å². The number of likely N-dealkylation sites (tertiary alicyclic amines) is 1. The van der Waals surface area contributed by atoms with Crippen LogP contribution in [0.1, 0.15) is 68.1 Å². The number of aromatic nitrogens is 2. The van der Waals surface area contributed by atoms with Gasteiger partial charge in [-0.1, -0.05) is 36.9 Å². The highest BCUT2D eigenvalue weighted by molar-refractivity contribution is 5.97. The summed E-state index contributed by atoms with van der Waals surface area (Å²) in [5, 5.41) is 2.64. The van der Waals surface area contributed by atoms with E-state index in [2.05, 4.69) is 85.5 Å². The Kier molecular flexibility index (Phi) is 7.19. The van der Waals surface area contributed by atoms with Gasteiger partial charge in [0.1, 0.15) is 11.6 Å². The third-order valence-electron chi connectivity index (χ3n) is 10.9. The first kappa shape index (κ1) is 28.3. The predicted octanol–water partition coefficient (Wildman–Crippen LogP) is 5.70. The third-order valence-corrected chi connectivity index (χ3v) is 10.9. The Hall–Kier alpha value is -3.45. The van der Waals surface area contributed by atoms with Crippen LogP contribution in [-0.4, -0.2) is 77.5 Å². The van der Waals surface area contributed by atoms with Crippen LogP contribution in [0.25, 0.3) is 10.8 Å². The fraction of sp³-hybridized carbons (Fsp3) is 0.528. The molecule has 2 saturated heterocycles. The fourth-order valence-corrected chi connectivity index (χ4v) is 8.63. The van der Waals surface area contributed by atoms with Crippen molar-refractivity contribution in [3.63, 3.8) is 0 Å². The molecule has 1 aromatic heterocycles. The van der Waals surface area contributed by atoms with E-state index < -0.39 is 0 Å². The highest BCUT2D eigenvalue weighted by atomic mass is 16.2. The summed E-state index contributed by atoms with van der Waals surface area (Å²) < 4.78 is 0. The van der Waals surface area contributed by atoms with E-state index in [0.717, 1.165) is 37.7 Å². The minimum atomic E-state index is 0.0169. The zero-order valence-electron chi connectivity index (χ0n) is 26.4. The van der Waals surface area contributed by atoms with Crippen LogP contribution in [0.4, 0.5) is 11.5 Å². The van der Waals surface area contributed by atoms with Crippen molar-refractivity contribution >= 4 is 28.2 Å². The monoisotopic (exact) mass is 578 g/mol. The topological polar surface area (TPSA) is 55.8 Å². The van der Waals surface area contributed by atoms with Gasteiger partial charge in [-0.05, 0) is 95.0 Å². The lowest BCUT2D eigenvalue weighted by atomic mass is 9.84. The summed E-state index contributed by atoms with van der Waals surface area (Å²) >= 11 is 0. The standard InChI is InChI=1S/C36H46N6O/c1-6-32(43)41-20-26(4)42(21-25(41)3)35-29-14-17-40(31-12-8-11-27-10-7-9-24(2)33(27)31)22-30(29)37-34(38-35)28-13-15-36(19-28)16-18-39(5)23-36/h6-12,25-26,28H,1,13-23H2,2-5H3/t25-,26+,28?,36?/m1/s1. The van der Waals surface area contributed by atoms with Gasteiger partial charge in [-0.3, -0.25) is 4.79 Å². The number of hydrogen-bond donors (Lipinski definition) is 0. The Labute approximate surface area is 256 Å². The molecule has 4 heterocycles. The van der Waals surface area contributed by atoms with Crippen molar-refractivity contribution in [3.8, 4) is 0 Å². The van der Waals surface area contributed by atoms with Crippen molar-refractivity contribution in [2.24, 2.45) is 5.41 Å². The summed E-state index contributed by atoms with van der Waals surface area (Å²) in [6.07, 6.45) is 7.29. The Bertz CT molecular complexity index is 1560. The average Bonchev–Trinajstić information content (AvgIpc) is 3.61. The Morgan fingerprint density at radius 3 is 2.63 bits per heavy atom. The molecule has 1 saturated carbocycles. The first-order valence-corrected chi connectivity index (χ1v) is 16.3. The zero-order chi connectivity index (χ0) is 29.9. The van der Waals surface area contributed by atoms with E-state index in [4.69, 9.17) is 9.97 Å². The number of hydrogen-bond acceptors (Lipinski definition) is 6. The molecule has 7 heteroatoms. The molecule has 7 rings (SSSR count). The molecule has 4 aliphatic rings. The number of nitrogens with zero attached hydrogens (tertiary/aromatic N) is 6. The number of carbonyl (C=O) groups excluding carboxylic acids is 1. The molecule has 0 bridgehead atoms. The second-order valence-corrected chi connectivity index (χ2v) is 13.9. The second-order valence-electron chi connectivity index (χ2n) is 13.9. The van der Waals surface area contributed by atoms with Gasteiger partial charge in [0, 0.05) is 60.8 Å². The molecule has 4 atom stereocenters. The fourth-order valence-electron chi connectivity index (χ4n) is 8.63. The molecule has 3 aliphatic heterocycles. The van der Waals surface area contributed by atoms with E-state index in [0.29, 0.717) is 17.9 Å². The number of anilines is 2. The van der Waals surface area contributed by atoms with Crippen molar-refractivity contribution < 1.29 is 4.79 Å². The quantitative estimate of drug-likeness (QED) is 0.370. The molecule has 3 fully saturated rings. The van der Waals surface area contributed by atoms with Crippen LogP contribution < -0.4 is 9.80 Å². The van der Waals surface area contributed by atoms with E-state index in [9.17, 15) is 4.79 Å². The second kappa shape index (κ2) is 10.9. The molecule has 43 heavy (non-hydrogen) atoms. The average molecular weight is 579 g/mol. The number of amides is 1. The first-order chi connectivity index (χ1) is 20.7. The Morgan fingerprint density at radius 1 is 1.05 bits per heavy atom. The lowest BCUT2D eigenvalue weighted by molar-refractivity contribution is -0.128. The Balaban J connectivity index is 1.27. The van der Waals surface area contributed by atoms with Gasteiger partial charge in [-0.15, -0.1) is 0 Å². The third kappa shape index (κ3) is 4.99. The molecule has 0 N–H and O–H groups in total. The van der Waals surface area contributed by atoms with Gasteiger partial charge in [0.2, 0.25) is 5.91 Å². The van der Waals surface area contributed by atoms with Crippen LogP contribution in [0.15, 0.2) is 49.1 Å². The number of fused-ring (bicyclic) bond motifs is 2. The maximum Gasteiger partial charge on any atom is 0.246 e. The number of benzene rings is 2. The lowest BCUT2D eigenvalue weighted by Gasteiger charge is -2.45. The van der Waals surface area contributed by atoms with Crippen LogP contribution in [-0.2, 0) is 17.8 Å². The molecule has 1 amide bonds. The van der Waals surface area contributed by atoms with Gasteiger partial charge in [0.25, 0.3) is 0 Å². The van der Waals surface area contributed by atoms with E-state index in [1.54, 1.807) is 0 Å². The highest BCUT2D eigenvalue weighted by Gasteiger charge is 2.45. The summed E-state index contributed by atoms with van der Waals surface area (Å²) in [6.45, 7) is 15.9. The summed E-state index contributed by atoms with van der Waals surface area (Å²) in [5.41, 5.74) is 5.52. The Morgan fingerprint density at radius 2 is 1.86 bits per heavy atom. The van der Waals surface area contributed by atoms with E-state index in [-0.39, 0.29) is 18.0 Å². The SMILES string of the molecule is C=CC(=O)N1C[C@H](C)N(c2nc(C3CCC4(CCN(C)C4)C3)nc3c2CCN(c2cccc4cccc(C)c24)C3)C[C@H]1C. The predicted molar refractivity (Wildman–Crippen MR) is 175 cm³/mol. The van der Waals surface area contributed by atoms with Gasteiger partial charge in [-0.2, -0.15) is 0 Å². The molecular formula is C36H46N6O. The van der Waals surface area contributed by atoms with Crippen LogP contribution in [0.5, 0.6) is 0 Å². The maximum absolute atomic E-state index is 12.6. The number of piperazine rings is 1. The van der Waals surface area contributed by atoms with Crippen LogP contribution in [0, 0.1) is 12.3 Å². The lowest BCUT2D eigenvalue weighted by Crippen LogP contribution is -2.58. The number of rotatable bonds is 4. The smallest absolute Gasteiger partial charge is 0.246 e.